The molecule has 0 aromatic heterocycles. The third-order valence-electron chi connectivity index (χ3n) is 6.73. The zero-order valence-corrected chi connectivity index (χ0v) is 20.2. The molecular formula is C26H33N3O2S. The van der Waals surface area contributed by atoms with Crippen LogP contribution in [0.25, 0.3) is 0 Å². The van der Waals surface area contributed by atoms with Crippen molar-refractivity contribution in [3.05, 3.63) is 64.7 Å². The van der Waals surface area contributed by atoms with Crippen LogP contribution in [-0.2, 0) is 4.79 Å². The summed E-state index contributed by atoms with van der Waals surface area (Å²) in [4.78, 5) is 30.9. The van der Waals surface area contributed by atoms with Gasteiger partial charge in [-0.2, -0.15) is 0 Å². The molecule has 2 aromatic rings. The van der Waals surface area contributed by atoms with Crippen LogP contribution in [0.5, 0.6) is 0 Å². The molecule has 2 fully saturated rings. The maximum absolute atomic E-state index is 13.6. The molecule has 2 aliphatic heterocycles. The Balaban J connectivity index is 1.63. The molecule has 2 aliphatic rings. The minimum Gasteiger partial charge on any atom is -0.338 e. The van der Waals surface area contributed by atoms with Crippen LogP contribution in [0.1, 0.15) is 53.8 Å². The van der Waals surface area contributed by atoms with E-state index in [0.717, 1.165) is 42.6 Å². The number of amides is 3. The average Bonchev–Trinajstić information content (AvgIpc) is 3.22. The zero-order valence-electron chi connectivity index (χ0n) is 19.4. The first-order valence-electron chi connectivity index (χ1n) is 11.5. The van der Waals surface area contributed by atoms with Crippen molar-refractivity contribution in [1.29, 1.82) is 0 Å². The molecule has 0 spiro atoms. The number of likely N-dealkylation sites (tertiary alicyclic amines) is 1. The van der Waals surface area contributed by atoms with Crippen LogP contribution in [0.15, 0.2) is 42.5 Å². The van der Waals surface area contributed by atoms with Crippen LogP contribution in [0, 0.1) is 20.8 Å². The highest BCUT2D eigenvalue weighted by Crippen LogP contribution is 2.42. The Morgan fingerprint density at radius 2 is 1.75 bits per heavy atom. The van der Waals surface area contributed by atoms with Crippen molar-refractivity contribution >= 4 is 29.4 Å². The topological polar surface area (TPSA) is 52.7 Å². The van der Waals surface area contributed by atoms with E-state index in [1.807, 2.05) is 30.0 Å². The Bertz CT molecular complexity index is 991. The second-order valence-electron chi connectivity index (χ2n) is 9.13. The molecule has 3 atom stereocenters. The third-order valence-corrected chi connectivity index (χ3v) is 8.05. The van der Waals surface area contributed by atoms with Gasteiger partial charge in [0.25, 0.3) is 0 Å². The molecule has 0 radical (unpaired) electrons. The molecule has 0 aliphatic carbocycles. The van der Waals surface area contributed by atoms with Crippen molar-refractivity contribution in [2.75, 3.05) is 17.6 Å². The monoisotopic (exact) mass is 451 g/mol. The molecule has 6 heteroatoms. The van der Waals surface area contributed by atoms with Crippen LogP contribution >= 0.6 is 11.8 Å². The number of hydrogen-bond acceptors (Lipinski definition) is 3. The maximum Gasteiger partial charge on any atom is 0.323 e. The Morgan fingerprint density at radius 3 is 2.44 bits per heavy atom. The predicted molar refractivity (Wildman–Crippen MR) is 132 cm³/mol. The minimum absolute atomic E-state index is 0.0783. The van der Waals surface area contributed by atoms with E-state index >= 15 is 0 Å². The van der Waals surface area contributed by atoms with Crippen LogP contribution < -0.4 is 5.32 Å². The van der Waals surface area contributed by atoms with Gasteiger partial charge in [0.15, 0.2) is 0 Å². The molecule has 5 nitrogen and oxygen atoms in total. The summed E-state index contributed by atoms with van der Waals surface area (Å²) in [6, 6.07) is 13.7. The maximum atomic E-state index is 13.6. The Labute approximate surface area is 195 Å². The van der Waals surface area contributed by atoms with Gasteiger partial charge in [-0.3, -0.25) is 9.69 Å². The number of rotatable bonds is 3. The highest BCUT2D eigenvalue weighted by atomic mass is 32.2. The van der Waals surface area contributed by atoms with E-state index in [0.29, 0.717) is 5.75 Å². The Hall–Kier alpha value is -2.47. The first-order valence-corrected chi connectivity index (χ1v) is 12.6. The van der Waals surface area contributed by atoms with Gasteiger partial charge in [-0.1, -0.05) is 35.9 Å². The van der Waals surface area contributed by atoms with Gasteiger partial charge < -0.3 is 10.2 Å². The molecule has 0 unspecified atom stereocenters. The Kier molecular flexibility index (Phi) is 6.79. The molecule has 0 bridgehead atoms. The highest BCUT2D eigenvalue weighted by molar-refractivity contribution is 7.99. The molecule has 170 valence electrons. The lowest BCUT2D eigenvalue weighted by atomic mass is 10.0. The number of urea groups is 1. The molecule has 4 rings (SSSR count). The van der Waals surface area contributed by atoms with Crippen molar-refractivity contribution in [1.82, 2.24) is 9.80 Å². The largest absolute Gasteiger partial charge is 0.338 e. The number of nitrogens with one attached hydrogen (secondary N) is 1. The summed E-state index contributed by atoms with van der Waals surface area (Å²) in [5, 5.41) is 2.88. The summed E-state index contributed by atoms with van der Waals surface area (Å²) in [6.45, 7) is 9.05. The first-order chi connectivity index (χ1) is 15.3. The van der Waals surface area contributed by atoms with E-state index in [2.05, 4.69) is 50.4 Å². The number of benzene rings is 2. The van der Waals surface area contributed by atoms with Crippen LogP contribution in [0.2, 0.25) is 0 Å². The lowest BCUT2D eigenvalue weighted by Crippen LogP contribution is -2.54. The quantitative estimate of drug-likeness (QED) is 0.655. The highest BCUT2D eigenvalue weighted by Gasteiger charge is 2.44. The molecule has 2 heterocycles. The lowest BCUT2D eigenvalue weighted by molar-refractivity contribution is -0.138. The van der Waals surface area contributed by atoms with Gasteiger partial charge in [0, 0.05) is 24.0 Å². The smallest absolute Gasteiger partial charge is 0.323 e. The van der Waals surface area contributed by atoms with Gasteiger partial charge in [0.2, 0.25) is 5.91 Å². The standard InChI is InChI=1S/C26H33N3O2S/c1-17-8-11-21(12-9-17)25-29(26(31)27-22-13-10-18(2)19(3)15-22)23(16-32-25)24(30)28-14-6-5-7-20(28)4/h8-13,15,20,23,25H,5-7,14,16H2,1-4H3,(H,27,31)/t20-,23+,25-/m0/s1. The van der Waals surface area contributed by atoms with Gasteiger partial charge in [-0.15, -0.1) is 11.8 Å². The van der Waals surface area contributed by atoms with Crippen molar-refractivity contribution in [2.24, 2.45) is 0 Å². The van der Waals surface area contributed by atoms with Gasteiger partial charge in [-0.25, -0.2) is 4.79 Å². The summed E-state index contributed by atoms with van der Waals surface area (Å²) >= 11 is 1.67. The fourth-order valence-corrected chi connectivity index (χ4v) is 5.98. The van der Waals surface area contributed by atoms with Crippen molar-refractivity contribution in [3.63, 3.8) is 0 Å². The third kappa shape index (κ3) is 4.65. The molecule has 0 saturated carbocycles. The zero-order chi connectivity index (χ0) is 22.8. The number of thioether (sulfide) groups is 1. The molecule has 3 amide bonds. The summed E-state index contributed by atoms with van der Waals surface area (Å²) in [5.74, 6) is 0.690. The van der Waals surface area contributed by atoms with Gasteiger partial charge in [0.1, 0.15) is 11.4 Å². The van der Waals surface area contributed by atoms with Crippen molar-refractivity contribution in [2.45, 2.75) is 64.4 Å². The lowest BCUT2D eigenvalue weighted by Gasteiger charge is -2.38. The summed E-state index contributed by atoms with van der Waals surface area (Å²) in [5.41, 5.74) is 5.30. The SMILES string of the molecule is Cc1ccc([C@@H]2SC[C@H](C(=O)N3CCCC[C@@H]3C)N2C(=O)Nc2ccc(C)c(C)c2)cc1. The van der Waals surface area contributed by atoms with E-state index in [4.69, 9.17) is 0 Å². The van der Waals surface area contributed by atoms with Crippen LogP contribution in [0.4, 0.5) is 10.5 Å². The normalized spacial score (nSPS) is 23.3. The number of anilines is 1. The number of hydrogen-bond donors (Lipinski definition) is 1. The number of piperidine rings is 1. The number of nitrogens with zero attached hydrogens (tertiary/aromatic N) is 2. The van der Waals surface area contributed by atoms with E-state index in [1.54, 1.807) is 16.7 Å². The summed E-state index contributed by atoms with van der Waals surface area (Å²) < 4.78 is 0. The molecule has 1 N–H and O–H groups in total. The van der Waals surface area contributed by atoms with Crippen molar-refractivity contribution < 1.29 is 9.59 Å². The van der Waals surface area contributed by atoms with Gasteiger partial charge in [-0.05, 0) is 75.8 Å². The Morgan fingerprint density at radius 1 is 1.00 bits per heavy atom. The van der Waals surface area contributed by atoms with E-state index in [-0.39, 0.29) is 23.4 Å². The van der Waals surface area contributed by atoms with E-state index in [1.165, 1.54) is 11.1 Å². The van der Waals surface area contributed by atoms with Gasteiger partial charge in [0.05, 0.1) is 0 Å². The fraction of sp³-hybridized carbons (Fsp3) is 0.462. The summed E-state index contributed by atoms with van der Waals surface area (Å²) in [6.07, 6.45) is 3.22. The second-order valence-corrected chi connectivity index (χ2v) is 10.2. The number of carbonyl (C=O) groups is 2. The molecule has 2 saturated heterocycles. The number of carbonyl (C=O) groups excluding carboxylic acids is 2. The molecule has 2 aromatic carbocycles. The number of aryl methyl sites for hydroxylation is 3. The second kappa shape index (κ2) is 9.57. The first kappa shape index (κ1) is 22.7. The molecular weight excluding hydrogens is 418 g/mol. The predicted octanol–water partition coefficient (Wildman–Crippen LogP) is 5.66. The van der Waals surface area contributed by atoms with Crippen molar-refractivity contribution in [3.8, 4) is 0 Å². The van der Waals surface area contributed by atoms with E-state index < -0.39 is 6.04 Å². The van der Waals surface area contributed by atoms with Gasteiger partial charge >= 0.3 is 6.03 Å². The van der Waals surface area contributed by atoms with Crippen LogP contribution in [-0.4, -0.2) is 46.1 Å². The van der Waals surface area contributed by atoms with Crippen LogP contribution in [0.3, 0.4) is 0 Å². The average molecular weight is 452 g/mol. The molecule has 32 heavy (non-hydrogen) atoms. The summed E-state index contributed by atoms with van der Waals surface area (Å²) in [7, 11) is 0. The minimum atomic E-state index is -0.460. The fourth-order valence-electron chi connectivity index (χ4n) is 4.56. The van der Waals surface area contributed by atoms with E-state index in [9.17, 15) is 9.59 Å².